The normalized spacial score (nSPS) is 13.4. The van der Waals surface area contributed by atoms with Crippen LogP contribution >= 0.6 is 23.1 Å². The molecule has 1 aromatic carbocycles. The zero-order chi connectivity index (χ0) is 45.4. The highest BCUT2D eigenvalue weighted by molar-refractivity contribution is 8.13. The highest BCUT2D eigenvalue weighted by atomic mass is 32.2. The molecule has 0 saturated carbocycles. The second-order valence-electron chi connectivity index (χ2n) is 16.5. The second kappa shape index (κ2) is 28.3. The molecule has 0 aliphatic heterocycles. The quantitative estimate of drug-likeness (QED) is 0.0206. The molecule has 0 saturated heterocycles. The molecule has 61 heavy (non-hydrogen) atoms. The predicted molar refractivity (Wildman–Crippen MR) is 246 cm³/mol. The third kappa shape index (κ3) is 22.4. The maximum absolute atomic E-state index is 13.6. The predicted octanol–water partition coefficient (Wildman–Crippen LogP) is 8.62. The molecule has 1 aromatic heterocycles. The van der Waals surface area contributed by atoms with Gasteiger partial charge in [-0.15, -0.1) is 11.3 Å². The molecule has 1 heterocycles. The summed E-state index contributed by atoms with van der Waals surface area (Å²) < 4.78 is 16.7. The summed E-state index contributed by atoms with van der Waals surface area (Å²) in [5, 5.41) is 10.3. The highest BCUT2D eigenvalue weighted by Crippen LogP contribution is 2.24. The van der Waals surface area contributed by atoms with E-state index in [4.69, 9.17) is 14.2 Å². The van der Waals surface area contributed by atoms with E-state index in [0.29, 0.717) is 36.6 Å². The van der Waals surface area contributed by atoms with E-state index >= 15 is 0 Å². The van der Waals surface area contributed by atoms with Crippen LogP contribution in [0.25, 0.3) is 0 Å². The van der Waals surface area contributed by atoms with Gasteiger partial charge in [-0.2, -0.15) is 0 Å². The van der Waals surface area contributed by atoms with Gasteiger partial charge in [-0.1, -0.05) is 114 Å². The van der Waals surface area contributed by atoms with Gasteiger partial charge in [-0.05, 0) is 70.6 Å². The van der Waals surface area contributed by atoms with Gasteiger partial charge in [-0.25, -0.2) is 14.6 Å². The molecule has 0 unspecified atom stereocenters. The second-order valence-corrected chi connectivity index (χ2v) is 21.9. The van der Waals surface area contributed by atoms with E-state index in [9.17, 15) is 28.8 Å². The summed E-state index contributed by atoms with van der Waals surface area (Å²) in [7, 11) is -0.940. The van der Waals surface area contributed by atoms with Crippen LogP contribution in [-0.4, -0.2) is 78.8 Å². The summed E-state index contributed by atoms with van der Waals surface area (Å²) in [6.07, 6.45) is 9.86. The fourth-order valence-corrected chi connectivity index (χ4v) is 7.86. The van der Waals surface area contributed by atoms with Crippen LogP contribution in [0.5, 0.6) is 0 Å². The van der Waals surface area contributed by atoms with Crippen LogP contribution in [0.15, 0.2) is 59.6 Å². The number of thiazole rings is 1. The number of nitrogens with one attached hydrogen (secondary N) is 3. The number of ether oxygens (including phenoxy) is 3. The van der Waals surface area contributed by atoms with Gasteiger partial charge in [0.1, 0.15) is 34.1 Å². The summed E-state index contributed by atoms with van der Waals surface area (Å²) in [4.78, 5) is 83.0. The molecule has 2 aromatic rings. The first kappa shape index (κ1) is 52.9. The SMILES string of the molecule is C/C=C(\NC(=O)c1csc([C@@H](Cc2ccccc2)NC(=O)OC(C)(C)C)n1)C(=O)N[C@H](C(=O)O[C@H](/C=C/CCSC(=O)CCCCCCC)CC(=O)OCC[SiH](C)C)C(C)C. The van der Waals surface area contributed by atoms with Gasteiger partial charge in [0, 0.05) is 26.4 Å². The van der Waals surface area contributed by atoms with Crippen molar-refractivity contribution < 1.29 is 43.0 Å². The number of unbranched alkanes of at least 4 members (excludes halogenated alkanes) is 4. The maximum atomic E-state index is 13.6. The number of thioether (sulfide) groups is 1. The summed E-state index contributed by atoms with van der Waals surface area (Å²) >= 11 is 2.45. The molecule has 13 nitrogen and oxygen atoms in total. The molecule has 0 aliphatic carbocycles. The van der Waals surface area contributed by atoms with E-state index < -0.39 is 68.3 Å². The van der Waals surface area contributed by atoms with E-state index in [1.54, 1.807) is 53.7 Å². The van der Waals surface area contributed by atoms with Crippen molar-refractivity contribution in [3.05, 3.63) is 75.9 Å². The average molecular weight is 901 g/mol. The van der Waals surface area contributed by atoms with E-state index in [1.807, 2.05) is 30.3 Å². The first-order valence-corrected chi connectivity index (χ1v) is 26.4. The Labute approximate surface area is 372 Å². The van der Waals surface area contributed by atoms with Gasteiger partial charge in [0.15, 0.2) is 5.12 Å². The summed E-state index contributed by atoms with van der Waals surface area (Å²) in [6.45, 7) is 17.1. The molecule has 16 heteroatoms. The van der Waals surface area contributed by atoms with Crippen LogP contribution in [0.4, 0.5) is 4.79 Å². The van der Waals surface area contributed by atoms with Crippen molar-refractivity contribution in [1.82, 2.24) is 20.9 Å². The number of hydrogen-bond donors (Lipinski definition) is 3. The number of rotatable bonds is 26. The number of amides is 3. The van der Waals surface area contributed by atoms with Crippen LogP contribution < -0.4 is 16.0 Å². The average Bonchev–Trinajstić information content (AvgIpc) is 3.68. The van der Waals surface area contributed by atoms with Crippen LogP contribution in [0.3, 0.4) is 0 Å². The monoisotopic (exact) mass is 900 g/mol. The number of hydrogen-bond acceptors (Lipinski definition) is 12. The lowest BCUT2D eigenvalue weighted by Crippen LogP contribution is -2.48. The molecule has 0 spiro atoms. The smallest absolute Gasteiger partial charge is 0.408 e. The highest BCUT2D eigenvalue weighted by Gasteiger charge is 2.30. The number of esters is 2. The van der Waals surface area contributed by atoms with Crippen LogP contribution in [-0.2, 0) is 39.8 Å². The third-order valence-corrected chi connectivity index (χ3v) is 12.3. The Kier molecular flexibility index (Phi) is 24.6. The minimum absolute atomic E-state index is 0.0263. The lowest BCUT2D eigenvalue weighted by molar-refractivity contribution is -0.156. The Morgan fingerprint density at radius 2 is 1.69 bits per heavy atom. The number of carbonyl (C=O) groups is 6. The standard InChI is InChI=1S/C45H68N4O9S2Si/c1-10-12-13-14-18-24-38(51)59-26-20-19-23-33(29-37(50)56-25-27-61(8)9)57-43(54)39(31(3)4)49-40(52)34(11-2)46-41(53)36-30-60-42(47-36)35(28-32-21-16-15-17-22-32)48-44(55)58-45(5,6)7/h11,15-17,19,21-23,30-31,33,35,39,61H,10,12-14,18,20,24-29H2,1-9H3,(H,46,53)(H,48,55)(H,49,52)/b23-19+,34-11-/t33-,35-,39+/m1/s1. The van der Waals surface area contributed by atoms with Crippen LogP contribution in [0.2, 0.25) is 19.1 Å². The fourth-order valence-electron chi connectivity index (χ4n) is 5.65. The van der Waals surface area contributed by atoms with Gasteiger partial charge in [0.05, 0.1) is 19.1 Å². The Morgan fingerprint density at radius 1 is 0.984 bits per heavy atom. The van der Waals surface area contributed by atoms with Crippen molar-refractivity contribution in [1.29, 1.82) is 0 Å². The minimum Gasteiger partial charge on any atom is -0.466 e. The third-order valence-electron chi connectivity index (χ3n) is 8.99. The van der Waals surface area contributed by atoms with Crippen molar-refractivity contribution in [2.24, 2.45) is 5.92 Å². The summed E-state index contributed by atoms with van der Waals surface area (Å²) in [5.41, 5.74) is 0.123. The Hall–Kier alpha value is -4.28. The van der Waals surface area contributed by atoms with Gasteiger partial charge >= 0.3 is 18.0 Å². The molecule has 3 amide bonds. The number of alkyl carbamates (subject to hydrolysis) is 1. The van der Waals surface area contributed by atoms with Crippen molar-refractivity contribution >= 4 is 66.9 Å². The maximum Gasteiger partial charge on any atom is 0.408 e. The number of nitrogens with zero attached hydrogens (tertiary/aromatic N) is 1. The fraction of sp³-hybridized carbons (Fsp3) is 0.578. The first-order valence-electron chi connectivity index (χ1n) is 21.4. The van der Waals surface area contributed by atoms with E-state index in [0.717, 1.165) is 37.3 Å². The Balaban J connectivity index is 2.13. The van der Waals surface area contributed by atoms with Crippen LogP contribution in [0, 0.1) is 5.92 Å². The zero-order valence-corrected chi connectivity index (χ0v) is 40.3. The lowest BCUT2D eigenvalue weighted by atomic mass is 10.0. The number of carbonyl (C=O) groups excluding carboxylic acids is 6. The number of allylic oxidation sites excluding steroid dienone is 2. The summed E-state index contributed by atoms with van der Waals surface area (Å²) in [5.74, 6) is -2.54. The van der Waals surface area contributed by atoms with Crippen molar-refractivity contribution in [3.63, 3.8) is 0 Å². The van der Waals surface area contributed by atoms with Crippen molar-refractivity contribution in [2.45, 2.75) is 149 Å². The lowest BCUT2D eigenvalue weighted by Gasteiger charge is -2.24. The largest absolute Gasteiger partial charge is 0.466 e. The molecular formula is C45H68N4O9S2Si. The van der Waals surface area contributed by atoms with E-state index in [1.165, 1.54) is 41.0 Å². The minimum atomic E-state index is -1.13. The zero-order valence-electron chi connectivity index (χ0n) is 37.5. The number of aromatic nitrogens is 1. The molecule has 0 aliphatic rings. The Bertz CT molecular complexity index is 1760. The molecule has 2 rings (SSSR count). The molecule has 0 radical (unpaired) electrons. The molecule has 0 bridgehead atoms. The summed E-state index contributed by atoms with van der Waals surface area (Å²) in [6, 6.07) is 8.60. The van der Waals surface area contributed by atoms with Gasteiger partial charge < -0.3 is 30.2 Å². The molecular weight excluding hydrogens is 833 g/mol. The van der Waals surface area contributed by atoms with E-state index in [-0.39, 0.29) is 22.9 Å². The molecule has 0 fully saturated rings. The first-order chi connectivity index (χ1) is 28.9. The topological polar surface area (TPSA) is 179 Å². The van der Waals surface area contributed by atoms with Gasteiger partial charge in [0.25, 0.3) is 11.8 Å². The molecule has 338 valence electrons. The van der Waals surface area contributed by atoms with E-state index in [2.05, 4.69) is 41.0 Å². The van der Waals surface area contributed by atoms with Crippen molar-refractivity contribution in [3.8, 4) is 0 Å². The Morgan fingerprint density at radius 3 is 2.33 bits per heavy atom. The molecule has 3 N–H and O–H groups in total. The van der Waals surface area contributed by atoms with Gasteiger partial charge in [-0.3, -0.25) is 19.2 Å². The van der Waals surface area contributed by atoms with Crippen molar-refractivity contribution in [2.75, 3.05) is 12.4 Å². The van der Waals surface area contributed by atoms with Gasteiger partial charge in [0.2, 0.25) is 0 Å². The molecule has 3 atom stereocenters. The van der Waals surface area contributed by atoms with Crippen LogP contribution in [0.1, 0.15) is 127 Å². The number of benzene rings is 1.